The molecule has 0 fully saturated rings. The van der Waals surface area contributed by atoms with Gasteiger partial charge in [-0.3, -0.25) is 14.9 Å². The van der Waals surface area contributed by atoms with E-state index in [1.165, 1.54) is 24.3 Å². The predicted octanol–water partition coefficient (Wildman–Crippen LogP) is 3.33. The van der Waals surface area contributed by atoms with Crippen LogP contribution in [0.4, 0.5) is 11.4 Å². The predicted molar refractivity (Wildman–Crippen MR) is 98.6 cm³/mol. The van der Waals surface area contributed by atoms with Gasteiger partial charge in [0.05, 0.1) is 17.2 Å². The Labute approximate surface area is 156 Å². The number of hydrogen-bond acceptors (Lipinski definition) is 6. The number of nitro benzene ring substituents is 1. The highest BCUT2D eigenvalue weighted by Crippen LogP contribution is 2.38. The Hall–Kier alpha value is -3.29. The van der Waals surface area contributed by atoms with Crippen LogP contribution in [-0.4, -0.2) is 30.1 Å². The van der Waals surface area contributed by atoms with Crippen LogP contribution >= 0.6 is 0 Å². The van der Waals surface area contributed by atoms with E-state index < -0.39 is 4.92 Å². The first-order chi connectivity index (χ1) is 13.0. The number of amides is 1. The molecule has 8 nitrogen and oxygen atoms in total. The van der Waals surface area contributed by atoms with E-state index in [1.807, 2.05) is 19.9 Å². The van der Waals surface area contributed by atoms with Crippen LogP contribution in [0.15, 0.2) is 36.4 Å². The van der Waals surface area contributed by atoms with Gasteiger partial charge < -0.3 is 19.5 Å². The number of non-ortho nitro benzene ring substituents is 1. The van der Waals surface area contributed by atoms with Crippen molar-refractivity contribution in [2.45, 2.75) is 26.4 Å². The lowest BCUT2D eigenvalue weighted by Crippen LogP contribution is -2.20. The largest absolute Gasteiger partial charge is 0.492 e. The van der Waals surface area contributed by atoms with E-state index in [1.54, 1.807) is 6.07 Å². The maximum Gasteiger partial charge on any atom is 0.269 e. The van der Waals surface area contributed by atoms with Gasteiger partial charge in [-0.1, -0.05) is 0 Å². The highest BCUT2D eigenvalue weighted by Gasteiger charge is 2.22. The fourth-order valence-corrected chi connectivity index (χ4v) is 2.81. The summed E-state index contributed by atoms with van der Waals surface area (Å²) in [5.74, 6) is 1.31. The van der Waals surface area contributed by atoms with E-state index in [4.69, 9.17) is 14.2 Å². The lowest BCUT2D eigenvalue weighted by Gasteiger charge is -2.14. The molecule has 3 rings (SSSR count). The molecule has 1 aliphatic heterocycles. The molecule has 2 aromatic rings. The molecule has 1 N–H and O–H groups in total. The van der Waals surface area contributed by atoms with E-state index >= 15 is 0 Å². The smallest absolute Gasteiger partial charge is 0.269 e. The molecule has 0 aromatic heterocycles. The SMILES string of the molecule is CCOc1cc2c(cc1NC(=O)COc1ccc([N+](=O)[O-])cc1)O[C@H](C)C2. The summed E-state index contributed by atoms with van der Waals surface area (Å²) in [6.45, 7) is 4.08. The molecule has 142 valence electrons. The maximum absolute atomic E-state index is 12.2. The van der Waals surface area contributed by atoms with Crippen molar-refractivity contribution in [3.8, 4) is 17.2 Å². The Bertz CT molecular complexity index is 850. The molecule has 1 atom stereocenters. The number of carbonyl (C=O) groups excluding carboxylic acids is 1. The number of ether oxygens (including phenoxy) is 3. The van der Waals surface area contributed by atoms with Gasteiger partial charge in [-0.15, -0.1) is 0 Å². The number of anilines is 1. The zero-order valence-corrected chi connectivity index (χ0v) is 15.1. The Morgan fingerprint density at radius 1 is 1.30 bits per heavy atom. The molecule has 2 aromatic carbocycles. The number of rotatable bonds is 7. The topological polar surface area (TPSA) is 99.9 Å². The van der Waals surface area contributed by atoms with Gasteiger partial charge >= 0.3 is 0 Å². The summed E-state index contributed by atoms with van der Waals surface area (Å²) in [7, 11) is 0. The summed E-state index contributed by atoms with van der Waals surface area (Å²) in [4.78, 5) is 22.4. The monoisotopic (exact) mass is 372 g/mol. The van der Waals surface area contributed by atoms with E-state index in [9.17, 15) is 14.9 Å². The minimum absolute atomic E-state index is 0.0412. The summed E-state index contributed by atoms with van der Waals surface area (Å²) in [6.07, 6.45) is 0.887. The standard InChI is InChI=1S/C19H20N2O6/c1-3-25-18-9-13-8-12(2)27-17(13)10-16(18)20-19(22)11-26-15-6-4-14(5-7-15)21(23)24/h4-7,9-10,12H,3,8,11H2,1-2H3,(H,20,22)/t12-/m1/s1. The second kappa shape index (κ2) is 7.94. The zero-order chi connectivity index (χ0) is 19.4. The van der Waals surface area contributed by atoms with Crippen LogP contribution in [0.3, 0.4) is 0 Å². The normalized spacial score (nSPS) is 14.8. The minimum atomic E-state index is -0.497. The van der Waals surface area contributed by atoms with Crippen LogP contribution in [0.25, 0.3) is 0 Å². The molecule has 8 heteroatoms. The molecule has 27 heavy (non-hydrogen) atoms. The van der Waals surface area contributed by atoms with Gasteiger partial charge in [-0.2, -0.15) is 0 Å². The summed E-state index contributed by atoms with van der Waals surface area (Å²) in [5.41, 5.74) is 1.52. The lowest BCUT2D eigenvalue weighted by molar-refractivity contribution is -0.384. The summed E-state index contributed by atoms with van der Waals surface area (Å²) < 4.78 is 16.7. The summed E-state index contributed by atoms with van der Waals surface area (Å²) in [5, 5.41) is 13.4. The van der Waals surface area contributed by atoms with E-state index in [0.29, 0.717) is 23.8 Å². The Morgan fingerprint density at radius 3 is 2.70 bits per heavy atom. The first kappa shape index (κ1) is 18.5. The van der Waals surface area contributed by atoms with E-state index in [2.05, 4.69) is 5.32 Å². The van der Waals surface area contributed by atoms with Crippen molar-refractivity contribution in [2.75, 3.05) is 18.5 Å². The zero-order valence-electron chi connectivity index (χ0n) is 15.1. The summed E-state index contributed by atoms with van der Waals surface area (Å²) in [6, 6.07) is 9.17. The van der Waals surface area contributed by atoms with Crippen LogP contribution in [0.2, 0.25) is 0 Å². The highest BCUT2D eigenvalue weighted by molar-refractivity contribution is 5.93. The third kappa shape index (κ3) is 4.46. The van der Waals surface area contributed by atoms with Gasteiger partial charge in [-0.05, 0) is 32.0 Å². The first-order valence-electron chi connectivity index (χ1n) is 8.59. The van der Waals surface area contributed by atoms with Crippen molar-refractivity contribution in [3.05, 3.63) is 52.1 Å². The number of fused-ring (bicyclic) bond motifs is 1. The highest BCUT2D eigenvalue weighted by atomic mass is 16.6. The third-order valence-corrected chi connectivity index (χ3v) is 3.99. The molecule has 0 bridgehead atoms. The number of nitrogens with zero attached hydrogens (tertiary/aromatic N) is 1. The summed E-state index contributed by atoms with van der Waals surface area (Å²) >= 11 is 0. The van der Waals surface area contributed by atoms with Gasteiger partial charge in [0.2, 0.25) is 0 Å². The third-order valence-electron chi connectivity index (χ3n) is 3.99. The number of benzene rings is 2. The van der Waals surface area contributed by atoms with Crippen molar-refractivity contribution in [1.82, 2.24) is 0 Å². The van der Waals surface area contributed by atoms with E-state index in [0.717, 1.165) is 17.7 Å². The molecule has 0 radical (unpaired) electrons. The average molecular weight is 372 g/mol. The van der Waals surface area contributed by atoms with Crippen molar-refractivity contribution >= 4 is 17.3 Å². The Morgan fingerprint density at radius 2 is 2.04 bits per heavy atom. The second-order valence-electron chi connectivity index (χ2n) is 6.11. The number of nitrogens with one attached hydrogen (secondary N) is 1. The fourth-order valence-electron chi connectivity index (χ4n) is 2.81. The average Bonchev–Trinajstić information content (AvgIpc) is 2.99. The molecular formula is C19H20N2O6. The Kier molecular flexibility index (Phi) is 5.44. The van der Waals surface area contributed by atoms with E-state index in [-0.39, 0.29) is 24.3 Å². The fraction of sp³-hybridized carbons (Fsp3) is 0.316. The van der Waals surface area contributed by atoms with Crippen molar-refractivity contribution < 1.29 is 23.9 Å². The van der Waals surface area contributed by atoms with Crippen molar-refractivity contribution in [1.29, 1.82) is 0 Å². The molecular weight excluding hydrogens is 352 g/mol. The number of hydrogen-bond donors (Lipinski definition) is 1. The quantitative estimate of drug-likeness (QED) is 0.591. The van der Waals surface area contributed by atoms with Crippen LogP contribution < -0.4 is 19.5 Å². The van der Waals surface area contributed by atoms with Crippen LogP contribution in [0.1, 0.15) is 19.4 Å². The molecule has 0 unspecified atom stereocenters. The molecule has 1 heterocycles. The Balaban J connectivity index is 1.65. The van der Waals surface area contributed by atoms with Crippen LogP contribution in [-0.2, 0) is 11.2 Å². The van der Waals surface area contributed by atoms with Crippen molar-refractivity contribution in [2.24, 2.45) is 0 Å². The van der Waals surface area contributed by atoms with Crippen LogP contribution in [0.5, 0.6) is 17.2 Å². The van der Waals surface area contributed by atoms with Crippen molar-refractivity contribution in [3.63, 3.8) is 0 Å². The van der Waals surface area contributed by atoms with Crippen LogP contribution in [0, 0.1) is 10.1 Å². The lowest BCUT2D eigenvalue weighted by atomic mass is 10.1. The maximum atomic E-state index is 12.2. The minimum Gasteiger partial charge on any atom is -0.492 e. The molecule has 1 aliphatic rings. The first-order valence-corrected chi connectivity index (χ1v) is 8.59. The van der Waals surface area contributed by atoms with Gasteiger partial charge in [-0.25, -0.2) is 0 Å². The van der Waals surface area contributed by atoms with Gasteiger partial charge in [0.1, 0.15) is 23.4 Å². The molecule has 0 saturated carbocycles. The molecule has 0 saturated heterocycles. The molecule has 1 amide bonds. The molecule has 0 spiro atoms. The number of nitro groups is 1. The second-order valence-corrected chi connectivity index (χ2v) is 6.11. The number of carbonyl (C=O) groups is 1. The molecule has 0 aliphatic carbocycles. The van der Waals surface area contributed by atoms with Gasteiger partial charge in [0.15, 0.2) is 6.61 Å². The van der Waals surface area contributed by atoms with Gasteiger partial charge in [0.25, 0.3) is 11.6 Å². The van der Waals surface area contributed by atoms with Gasteiger partial charge in [0, 0.05) is 30.2 Å².